The van der Waals surface area contributed by atoms with E-state index in [0.29, 0.717) is 11.3 Å². The summed E-state index contributed by atoms with van der Waals surface area (Å²) in [5.41, 5.74) is 1.18. The van der Waals surface area contributed by atoms with Crippen LogP contribution in [0.5, 0.6) is 0 Å². The molecule has 1 aliphatic heterocycles. The molecule has 2 atom stereocenters. The molecule has 82 valence electrons. The van der Waals surface area contributed by atoms with E-state index in [1.807, 2.05) is 17.8 Å². The molecule has 1 nitrogen and oxygen atoms in total. The van der Waals surface area contributed by atoms with Gasteiger partial charge < -0.3 is 5.32 Å². The zero-order valence-corrected chi connectivity index (χ0v) is 12.5. The summed E-state index contributed by atoms with van der Waals surface area (Å²) < 4.78 is 2.25. The van der Waals surface area contributed by atoms with Gasteiger partial charge in [0, 0.05) is 20.2 Å². The Labute approximate surface area is 112 Å². The molecule has 0 aromatic heterocycles. The summed E-state index contributed by atoms with van der Waals surface area (Å²) in [4.78, 5) is 0. The maximum absolute atomic E-state index is 3.61. The largest absolute Gasteiger partial charge is 0.379 e. The first-order chi connectivity index (χ1) is 7.18. The van der Waals surface area contributed by atoms with Crippen LogP contribution in [0.25, 0.3) is 0 Å². The van der Waals surface area contributed by atoms with E-state index >= 15 is 0 Å². The summed E-state index contributed by atoms with van der Waals surface area (Å²) in [6, 6.07) is 6.76. The normalized spacial score (nSPS) is 25.5. The second kappa shape index (κ2) is 5.11. The molecule has 4 heteroatoms. The number of nitrogens with one attached hydrogen (secondary N) is 1. The Morgan fingerprint density at radius 3 is 2.53 bits per heavy atom. The third-order valence-electron chi connectivity index (χ3n) is 2.67. The standard InChI is InChI=1S/C11H13Br2NS/c1-7-10(5-6-15-7)14-11-8(12)3-2-4-9(11)13/h2-4,7,10,14H,5-6H2,1H3. The van der Waals surface area contributed by atoms with Gasteiger partial charge in [-0.05, 0) is 56.2 Å². The van der Waals surface area contributed by atoms with Crippen LogP contribution in [0.4, 0.5) is 5.69 Å². The van der Waals surface area contributed by atoms with Gasteiger partial charge in [-0.15, -0.1) is 0 Å². The smallest absolute Gasteiger partial charge is 0.0631 e. The molecule has 2 rings (SSSR count). The Morgan fingerprint density at radius 1 is 1.33 bits per heavy atom. The summed E-state index contributed by atoms with van der Waals surface area (Å²) in [5, 5.41) is 4.31. The average Bonchev–Trinajstić information content (AvgIpc) is 2.58. The van der Waals surface area contributed by atoms with Crippen molar-refractivity contribution in [1.82, 2.24) is 0 Å². The Morgan fingerprint density at radius 2 is 2.00 bits per heavy atom. The van der Waals surface area contributed by atoms with E-state index in [9.17, 15) is 0 Å². The summed E-state index contributed by atoms with van der Waals surface area (Å²) >= 11 is 9.19. The number of anilines is 1. The fourth-order valence-corrected chi connectivity index (χ4v) is 4.17. The van der Waals surface area contributed by atoms with Gasteiger partial charge in [-0.1, -0.05) is 13.0 Å². The van der Waals surface area contributed by atoms with Gasteiger partial charge in [-0.3, -0.25) is 0 Å². The topological polar surface area (TPSA) is 12.0 Å². The third-order valence-corrected chi connectivity index (χ3v) is 5.32. The van der Waals surface area contributed by atoms with E-state index in [0.717, 1.165) is 8.95 Å². The van der Waals surface area contributed by atoms with Crippen LogP contribution >= 0.6 is 43.6 Å². The Hall–Kier alpha value is 0.330. The molecule has 0 amide bonds. The van der Waals surface area contributed by atoms with Crippen molar-refractivity contribution < 1.29 is 0 Å². The molecule has 2 unspecified atom stereocenters. The molecule has 1 aliphatic rings. The monoisotopic (exact) mass is 349 g/mol. The zero-order valence-electron chi connectivity index (χ0n) is 8.47. The fraction of sp³-hybridized carbons (Fsp3) is 0.455. The molecule has 0 aliphatic carbocycles. The van der Waals surface area contributed by atoms with E-state index in [2.05, 4.69) is 56.2 Å². The van der Waals surface area contributed by atoms with Crippen molar-refractivity contribution in [3.8, 4) is 0 Å². The van der Waals surface area contributed by atoms with Crippen LogP contribution < -0.4 is 5.32 Å². The molecule has 0 spiro atoms. The lowest BCUT2D eigenvalue weighted by atomic mass is 10.1. The molecule has 1 heterocycles. The molecule has 1 aromatic rings. The summed E-state index contributed by atoms with van der Waals surface area (Å²) in [7, 11) is 0. The van der Waals surface area contributed by atoms with Crippen LogP contribution in [0, 0.1) is 0 Å². The molecule has 1 aromatic carbocycles. The molecule has 0 saturated carbocycles. The highest BCUT2D eigenvalue weighted by Gasteiger charge is 2.24. The minimum absolute atomic E-state index is 0.588. The summed E-state index contributed by atoms with van der Waals surface area (Å²) in [6.45, 7) is 2.29. The Balaban J connectivity index is 2.16. The van der Waals surface area contributed by atoms with E-state index in [-0.39, 0.29) is 0 Å². The van der Waals surface area contributed by atoms with Crippen molar-refractivity contribution >= 4 is 49.3 Å². The van der Waals surface area contributed by atoms with Gasteiger partial charge >= 0.3 is 0 Å². The molecular formula is C11H13Br2NS. The van der Waals surface area contributed by atoms with Gasteiger partial charge in [-0.25, -0.2) is 0 Å². The van der Waals surface area contributed by atoms with E-state index in [4.69, 9.17) is 0 Å². The number of para-hydroxylation sites is 1. The first-order valence-electron chi connectivity index (χ1n) is 5.00. The van der Waals surface area contributed by atoms with Gasteiger partial charge in [0.2, 0.25) is 0 Å². The minimum Gasteiger partial charge on any atom is -0.379 e. The van der Waals surface area contributed by atoms with Crippen molar-refractivity contribution in [1.29, 1.82) is 0 Å². The predicted molar refractivity (Wildman–Crippen MR) is 75.8 cm³/mol. The maximum Gasteiger partial charge on any atom is 0.0631 e. The van der Waals surface area contributed by atoms with Gasteiger partial charge in [0.15, 0.2) is 0 Å². The Bertz CT molecular complexity index is 336. The van der Waals surface area contributed by atoms with E-state index in [1.54, 1.807) is 0 Å². The van der Waals surface area contributed by atoms with Gasteiger partial charge in [-0.2, -0.15) is 11.8 Å². The number of benzene rings is 1. The van der Waals surface area contributed by atoms with E-state index in [1.165, 1.54) is 17.9 Å². The van der Waals surface area contributed by atoms with Crippen molar-refractivity contribution in [3.63, 3.8) is 0 Å². The van der Waals surface area contributed by atoms with Gasteiger partial charge in [0.25, 0.3) is 0 Å². The van der Waals surface area contributed by atoms with Gasteiger partial charge in [0.05, 0.1) is 5.69 Å². The lowest BCUT2D eigenvalue weighted by Crippen LogP contribution is -2.25. The van der Waals surface area contributed by atoms with Crippen LogP contribution in [0.15, 0.2) is 27.1 Å². The molecule has 0 radical (unpaired) electrons. The summed E-state index contributed by atoms with van der Waals surface area (Å²) in [5.74, 6) is 1.26. The van der Waals surface area contributed by atoms with Crippen molar-refractivity contribution in [2.24, 2.45) is 0 Å². The lowest BCUT2D eigenvalue weighted by molar-refractivity contribution is 0.723. The highest BCUT2D eigenvalue weighted by atomic mass is 79.9. The number of rotatable bonds is 2. The molecular weight excluding hydrogens is 338 g/mol. The second-order valence-corrected chi connectivity index (χ2v) is 6.91. The second-order valence-electron chi connectivity index (χ2n) is 3.71. The molecule has 1 fully saturated rings. The molecule has 15 heavy (non-hydrogen) atoms. The fourth-order valence-electron chi connectivity index (χ4n) is 1.74. The molecule has 1 saturated heterocycles. The number of hydrogen-bond acceptors (Lipinski definition) is 2. The third kappa shape index (κ3) is 2.71. The number of thioether (sulfide) groups is 1. The van der Waals surface area contributed by atoms with Crippen LogP contribution in [0.3, 0.4) is 0 Å². The van der Waals surface area contributed by atoms with Crippen LogP contribution in [0.1, 0.15) is 13.3 Å². The number of halogens is 2. The first-order valence-corrected chi connectivity index (χ1v) is 7.64. The van der Waals surface area contributed by atoms with Gasteiger partial charge in [0.1, 0.15) is 0 Å². The highest BCUT2D eigenvalue weighted by Crippen LogP contribution is 2.35. The zero-order chi connectivity index (χ0) is 10.8. The van der Waals surface area contributed by atoms with Crippen LogP contribution in [0.2, 0.25) is 0 Å². The van der Waals surface area contributed by atoms with Crippen molar-refractivity contribution in [3.05, 3.63) is 27.1 Å². The molecule has 0 bridgehead atoms. The highest BCUT2D eigenvalue weighted by molar-refractivity contribution is 9.11. The first kappa shape index (κ1) is 11.8. The van der Waals surface area contributed by atoms with Crippen LogP contribution in [-0.2, 0) is 0 Å². The quantitative estimate of drug-likeness (QED) is 0.841. The van der Waals surface area contributed by atoms with Crippen molar-refractivity contribution in [2.75, 3.05) is 11.1 Å². The minimum atomic E-state index is 0.588. The average molecular weight is 351 g/mol. The Kier molecular flexibility index (Phi) is 4.02. The van der Waals surface area contributed by atoms with E-state index < -0.39 is 0 Å². The molecule has 1 N–H and O–H groups in total. The van der Waals surface area contributed by atoms with Crippen LogP contribution in [-0.4, -0.2) is 17.0 Å². The number of hydrogen-bond donors (Lipinski definition) is 1. The predicted octanol–water partition coefficient (Wildman–Crippen LogP) is 4.52. The van der Waals surface area contributed by atoms with Crippen molar-refractivity contribution in [2.45, 2.75) is 24.6 Å². The SMILES string of the molecule is CC1SCCC1Nc1c(Br)cccc1Br. The lowest BCUT2D eigenvalue weighted by Gasteiger charge is -2.19. The summed E-state index contributed by atoms with van der Waals surface area (Å²) in [6.07, 6.45) is 1.25. The maximum atomic E-state index is 3.61.